The fourth-order valence-electron chi connectivity index (χ4n) is 1.42. The van der Waals surface area contributed by atoms with Gasteiger partial charge in [0.1, 0.15) is 4.47 Å². The zero-order valence-corrected chi connectivity index (χ0v) is 10.8. The van der Waals surface area contributed by atoms with Crippen molar-refractivity contribution in [3.63, 3.8) is 0 Å². The minimum atomic E-state index is -0.137. The average molecular weight is 274 g/mol. The van der Waals surface area contributed by atoms with Crippen molar-refractivity contribution < 1.29 is 0 Å². The number of halogens is 1. The van der Waals surface area contributed by atoms with Crippen LogP contribution in [-0.2, 0) is 0 Å². The van der Waals surface area contributed by atoms with E-state index in [4.69, 9.17) is 0 Å². The van der Waals surface area contributed by atoms with E-state index in [1.54, 1.807) is 0 Å². The van der Waals surface area contributed by atoms with Crippen LogP contribution in [0, 0.1) is 0 Å². The Bertz CT molecular complexity index is 375. The highest BCUT2D eigenvalue weighted by Crippen LogP contribution is 2.21. The molecule has 0 spiro atoms. The molecule has 0 aliphatic carbocycles. The van der Waals surface area contributed by atoms with Crippen LogP contribution < -0.4 is 10.5 Å². The number of aromatic amines is 1. The lowest BCUT2D eigenvalue weighted by Gasteiger charge is -2.27. The van der Waals surface area contributed by atoms with Gasteiger partial charge in [0.2, 0.25) is 0 Å². The van der Waals surface area contributed by atoms with E-state index in [-0.39, 0.29) is 5.56 Å². The van der Waals surface area contributed by atoms with Crippen molar-refractivity contribution in [2.45, 2.75) is 33.2 Å². The van der Waals surface area contributed by atoms with E-state index in [2.05, 4.69) is 51.6 Å². The van der Waals surface area contributed by atoms with Crippen LogP contribution in [0.25, 0.3) is 0 Å². The molecule has 1 heterocycles. The molecule has 0 atom stereocenters. The summed E-state index contributed by atoms with van der Waals surface area (Å²) in [5.41, 5.74) is -0.137. The second-order valence-electron chi connectivity index (χ2n) is 3.66. The maximum absolute atomic E-state index is 11.4. The van der Waals surface area contributed by atoms with Crippen molar-refractivity contribution in [1.29, 1.82) is 0 Å². The molecule has 0 aromatic carbocycles. The SMILES string of the molecule is CCCN(c1nc[nH]c(=O)c1Br)C(C)C. The molecule has 0 bridgehead atoms. The molecule has 5 heteroatoms. The summed E-state index contributed by atoms with van der Waals surface area (Å²) in [4.78, 5) is 20.3. The molecule has 0 unspecified atom stereocenters. The van der Waals surface area contributed by atoms with E-state index in [0.29, 0.717) is 10.5 Å². The fraction of sp³-hybridized carbons (Fsp3) is 0.600. The maximum Gasteiger partial charge on any atom is 0.267 e. The summed E-state index contributed by atoms with van der Waals surface area (Å²) in [6, 6.07) is 0.329. The number of hydrogen-bond donors (Lipinski definition) is 1. The summed E-state index contributed by atoms with van der Waals surface area (Å²) < 4.78 is 0.507. The van der Waals surface area contributed by atoms with E-state index >= 15 is 0 Å². The van der Waals surface area contributed by atoms with Crippen molar-refractivity contribution in [3.8, 4) is 0 Å². The molecular weight excluding hydrogens is 258 g/mol. The molecule has 15 heavy (non-hydrogen) atoms. The van der Waals surface area contributed by atoms with Crippen molar-refractivity contribution >= 4 is 21.7 Å². The number of aromatic nitrogens is 2. The quantitative estimate of drug-likeness (QED) is 0.915. The van der Waals surface area contributed by atoms with Gasteiger partial charge < -0.3 is 9.88 Å². The van der Waals surface area contributed by atoms with Gasteiger partial charge in [0.15, 0.2) is 5.82 Å². The summed E-state index contributed by atoms with van der Waals surface area (Å²) in [5, 5.41) is 0. The Kier molecular flexibility index (Phi) is 4.32. The van der Waals surface area contributed by atoms with E-state index in [9.17, 15) is 4.79 Å². The molecule has 1 N–H and O–H groups in total. The molecule has 0 amide bonds. The third-order valence-electron chi connectivity index (χ3n) is 2.14. The van der Waals surface area contributed by atoms with Crippen LogP contribution in [0.1, 0.15) is 27.2 Å². The van der Waals surface area contributed by atoms with Crippen molar-refractivity contribution in [1.82, 2.24) is 9.97 Å². The van der Waals surface area contributed by atoms with Crippen LogP contribution in [0.5, 0.6) is 0 Å². The van der Waals surface area contributed by atoms with Crippen molar-refractivity contribution in [3.05, 3.63) is 21.2 Å². The van der Waals surface area contributed by atoms with E-state index in [1.165, 1.54) is 6.33 Å². The second-order valence-corrected chi connectivity index (χ2v) is 4.45. The van der Waals surface area contributed by atoms with Crippen molar-refractivity contribution in [2.24, 2.45) is 0 Å². The van der Waals surface area contributed by atoms with Gasteiger partial charge in [-0.3, -0.25) is 4.79 Å². The van der Waals surface area contributed by atoms with Gasteiger partial charge in [-0.1, -0.05) is 6.92 Å². The molecule has 0 fully saturated rings. The van der Waals surface area contributed by atoms with Gasteiger partial charge in [-0.25, -0.2) is 4.98 Å². The zero-order valence-electron chi connectivity index (χ0n) is 9.25. The molecule has 84 valence electrons. The van der Waals surface area contributed by atoms with E-state index < -0.39 is 0 Å². The summed E-state index contributed by atoms with van der Waals surface area (Å²) in [5.74, 6) is 0.718. The molecule has 0 aliphatic heterocycles. The first kappa shape index (κ1) is 12.2. The Morgan fingerprint density at radius 3 is 2.80 bits per heavy atom. The Morgan fingerprint density at radius 1 is 1.60 bits per heavy atom. The van der Waals surface area contributed by atoms with Gasteiger partial charge in [-0.05, 0) is 36.2 Å². The van der Waals surface area contributed by atoms with E-state index in [0.717, 1.165) is 18.8 Å². The monoisotopic (exact) mass is 273 g/mol. The molecule has 1 aromatic rings. The molecule has 0 saturated carbocycles. The zero-order chi connectivity index (χ0) is 11.4. The first-order chi connectivity index (χ1) is 7.07. The lowest BCUT2D eigenvalue weighted by molar-refractivity contribution is 0.658. The average Bonchev–Trinajstić information content (AvgIpc) is 2.19. The third kappa shape index (κ3) is 2.81. The molecule has 1 rings (SSSR count). The standard InChI is InChI=1S/C10H16BrN3O/c1-4-5-14(7(2)3)9-8(11)10(15)13-6-12-9/h6-7H,4-5H2,1-3H3,(H,12,13,15). The number of hydrogen-bond acceptors (Lipinski definition) is 3. The number of H-pyrrole nitrogens is 1. The second kappa shape index (κ2) is 5.30. The van der Waals surface area contributed by atoms with Gasteiger partial charge in [-0.15, -0.1) is 0 Å². The normalized spacial score (nSPS) is 10.7. The predicted molar refractivity (Wildman–Crippen MR) is 65.3 cm³/mol. The smallest absolute Gasteiger partial charge is 0.267 e. The Hall–Kier alpha value is -0.840. The van der Waals surface area contributed by atoms with Crippen LogP contribution in [0.2, 0.25) is 0 Å². The van der Waals surface area contributed by atoms with E-state index in [1.807, 2.05) is 0 Å². The third-order valence-corrected chi connectivity index (χ3v) is 2.85. The largest absolute Gasteiger partial charge is 0.353 e. The highest BCUT2D eigenvalue weighted by atomic mass is 79.9. The van der Waals surface area contributed by atoms with Gasteiger partial charge in [-0.2, -0.15) is 0 Å². The summed E-state index contributed by atoms with van der Waals surface area (Å²) >= 11 is 3.27. The van der Waals surface area contributed by atoms with Crippen LogP contribution in [-0.4, -0.2) is 22.6 Å². The number of rotatable bonds is 4. The minimum Gasteiger partial charge on any atom is -0.353 e. The highest BCUT2D eigenvalue weighted by Gasteiger charge is 2.15. The summed E-state index contributed by atoms with van der Waals surface area (Å²) in [7, 11) is 0. The van der Waals surface area contributed by atoms with Gasteiger partial charge in [0.05, 0.1) is 6.33 Å². The van der Waals surface area contributed by atoms with Crippen LogP contribution >= 0.6 is 15.9 Å². The first-order valence-corrected chi connectivity index (χ1v) is 5.87. The number of anilines is 1. The lowest BCUT2D eigenvalue weighted by atomic mass is 10.3. The molecular formula is C10H16BrN3O. The number of nitrogens with zero attached hydrogens (tertiary/aromatic N) is 2. The topological polar surface area (TPSA) is 49.0 Å². The van der Waals surface area contributed by atoms with Gasteiger partial charge in [0, 0.05) is 12.6 Å². The lowest BCUT2D eigenvalue weighted by Crippen LogP contribution is -2.33. The maximum atomic E-state index is 11.4. The Morgan fingerprint density at radius 2 is 2.27 bits per heavy atom. The molecule has 0 radical (unpaired) electrons. The van der Waals surface area contributed by atoms with Gasteiger partial charge >= 0.3 is 0 Å². The first-order valence-electron chi connectivity index (χ1n) is 5.07. The fourth-order valence-corrected chi connectivity index (χ4v) is 1.87. The summed E-state index contributed by atoms with van der Waals surface area (Å²) in [6.45, 7) is 7.18. The Balaban J connectivity index is 3.11. The number of nitrogens with one attached hydrogen (secondary N) is 1. The highest BCUT2D eigenvalue weighted by molar-refractivity contribution is 9.10. The Labute approximate surface area is 97.8 Å². The van der Waals surface area contributed by atoms with Crippen LogP contribution in [0.3, 0.4) is 0 Å². The molecule has 4 nitrogen and oxygen atoms in total. The minimum absolute atomic E-state index is 0.137. The predicted octanol–water partition coefficient (Wildman–Crippen LogP) is 2.16. The molecule has 1 aromatic heterocycles. The van der Waals surface area contributed by atoms with Crippen LogP contribution in [0.4, 0.5) is 5.82 Å². The molecule has 0 aliphatic rings. The molecule has 0 saturated heterocycles. The van der Waals surface area contributed by atoms with Crippen LogP contribution in [0.15, 0.2) is 15.6 Å². The van der Waals surface area contributed by atoms with Crippen molar-refractivity contribution in [2.75, 3.05) is 11.4 Å². The summed E-state index contributed by atoms with van der Waals surface area (Å²) in [6.07, 6.45) is 2.46. The van der Waals surface area contributed by atoms with Gasteiger partial charge in [0.25, 0.3) is 5.56 Å².